The zero-order valence-corrected chi connectivity index (χ0v) is 8.56. The average molecular weight is 215 g/mol. The van der Waals surface area contributed by atoms with Crippen LogP contribution in [0.25, 0.3) is 0 Å². The van der Waals surface area contributed by atoms with Crippen molar-refractivity contribution in [1.82, 2.24) is 4.90 Å². The van der Waals surface area contributed by atoms with E-state index in [-0.39, 0.29) is 13.2 Å². The van der Waals surface area contributed by atoms with E-state index in [1.54, 1.807) is 25.8 Å². The molecule has 0 amide bonds. The fourth-order valence-corrected chi connectivity index (χ4v) is 0.722. The van der Waals surface area contributed by atoms with Gasteiger partial charge in [-0.05, 0) is 20.9 Å². The van der Waals surface area contributed by atoms with Crippen molar-refractivity contribution < 1.29 is 23.0 Å². The Morgan fingerprint density at radius 1 is 1.29 bits per heavy atom. The van der Waals surface area contributed by atoms with Crippen LogP contribution in [0.4, 0.5) is 13.2 Å². The maximum atomic E-state index is 11.6. The Hall–Kier alpha value is -0.330. The van der Waals surface area contributed by atoms with Crippen molar-refractivity contribution in [3.8, 4) is 0 Å². The van der Waals surface area contributed by atoms with Crippen LogP contribution in [0.15, 0.2) is 0 Å². The van der Waals surface area contributed by atoms with Crippen molar-refractivity contribution in [3.63, 3.8) is 0 Å². The summed E-state index contributed by atoms with van der Waals surface area (Å²) in [5.74, 6) is 0. The Morgan fingerprint density at radius 3 is 2.14 bits per heavy atom. The maximum Gasteiger partial charge on any atom is 0.522 e. The normalized spacial score (nSPS) is 13.7. The lowest BCUT2D eigenvalue weighted by Crippen LogP contribution is -2.46. The number of rotatable bonds is 5. The highest BCUT2D eigenvalue weighted by atomic mass is 19.4. The van der Waals surface area contributed by atoms with Gasteiger partial charge in [0, 0.05) is 12.1 Å². The van der Waals surface area contributed by atoms with Gasteiger partial charge < -0.3 is 5.11 Å². The molecular weight excluding hydrogens is 199 g/mol. The van der Waals surface area contributed by atoms with E-state index in [1.165, 1.54) is 0 Å². The number of aliphatic hydroxyl groups is 1. The SMILES string of the molecule is CN(CCOC(F)(F)F)C(C)(C)CO. The first-order valence-electron chi connectivity index (χ1n) is 4.22. The van der Waals surface area contributed by atoms with E-state index in [0.717, 1.165) is 0 Å². The molecular formula is C8H16F3NO2. The van der Waals surface area contributed by atoms with E-state index in [1.807, 2.05) is 0 Å². The molecule has 1 N–H and O–H groups in total. The van der Waals surface area contributed by atoms with Crippen LogP contribution < -0.4 is 0 Å². The predicted octanol–water partition coefficient (Wildman–Crippen LogP) is 1.23. The molecule has 6 heteroatoms. The van der Waals surface area contributed by atoms with E-state index in [4.69, 9.17) is 5.11 Å². The first kappa shape index (κ1) is 13.7. The summed E-state index contributed by atoms with van der Waals surface area (Å²) in [5.41, 5.74) is -0.533. The van der Waals surface area contributed by atoms with E-state index >= 15 is 0 Å². The molecule has 0 aromatic heterocycles. The molecule has 0 saturated heterocycles. The first-order valence-corrected chi connectivity index (χ1v) is 4.22. The lowest BCUT2D eigenvalue weighted by atomic mass is 10.1. The molecule has 3 nitrogen and oxygen atoms in total. The summed E-state index contributed by atoms with van der Waals surface area (Å²) < 4.78 is 38.4. The summed E-state index contributed by atoms with van der Waals surface area (Å²) >= 11 is 0. The lowest BCUT2D eigenvalue weighted by Gasteiger charge is -2.33. The van der Waals surface area contributed by atoms with E-state index < -0.39 is 18.5 Å². The smallest absolute Gasteiger partial charge is 0.394 e. The second-order valence-corrected chi connectivity index (χ2v) is 3.69. The molecule has 0 bridgehead atoms. The van der Waals surface area contributed by atoms with Gasteiger partial charge >= 0.3 is 6.36 Å². The van der Waals surface area contributed by atoms with Crippen molar-refractivity contribution in [1.29, 1.82) is 0 Å². The third kappa shape index (κ3) is 5.41. The van der Waals surface area contributed by atoms with Gasteiger partial charge in [0.05, 0.1) is 13.2 Å². The molecule has 86 valence electrons. The Labute approximate surface area is 81.5 Å². The number of nitrogens with zero attached hydrogens (tertiary/aromatic N) is 1. The van der Waals surface area contributed by atoms with Crippen molar-refractivity contribution in [3.05, 3.63) is 0 Å². The van der Waals surface area contributed by atoms with Gasteiger partial charge in [-0.15, -0.1) is 13.2 Å². The van der Waals surface area contributed by atoms with Crippen molar-refractivity contribution in [2.75, 3.05) is 26.8 Å². The van der Waals surface area contributed by atoms with Crippen molar-refractivity contribution in [2.24, 2.45) is 0 Å². The van der Waals surface area contributed by atoms with Crippen LogP contribution >= 0.6 is 0 Å². The zero-order chi connectivity index (χ0) is 11.4. The summed E-state index contributed by atoms with van der Waals surface area (Å²) in [5, 5.41) is 8.92. The molecule has 0 radical (unpaired) electrons. The van der Waals surface area contributed by atoms with Crippen LogP contribution in [-0.4, -0.2) is 48.7 Å². The van der Waals surface area contributed by atoms with Gasteiger partial charge in [0.2, 0.25) is 0 Å². The Balaban J connectivity index is 3.80. The number of alkyl halides is 3. The summed E-state index contributed by atoms with van der Waals surface area (Å²) in [7, 11) is 1.63. The highest BCUT2D eigenvalue weighted by Gasteiger charge is 2.30. The van der Waals surface area contributed by atoms with Crippen molar-refractivity contribution in [2.45, 2.75) is 25.7 Å². The highest BCUT2D eigenvalue weighted by molar-refractivity contribution is 4.77. The topological polar surface area (TPSA) is 32.7 Å². The van der Waals surface area contributed by atoms with Crippen LogP contribution in [0.2, 0.25) is 0 Å². The van der Waals surface area contributed by atoms with Gasteiger partial charge in [-0.2, -0.15) is 0 Å². The minimum Gasteiger partial charge on any atom is -0.394 e. The molecule has 0 fully saturated rings. The van der Waals surface area contributed by atoms with E-state index in [2.05, 4.69) is 4.74 Å². The second kappa shape index (κ2) is 4.95. The molecule has 0 saturated carbocycles. The van der Waals surface area contributed by atoms with Crippen LogP contribution in [0.1, 0.15) is 13.8 Å². The molecule has 0 rings (SSSR count). The van der Waals surface area contributed by atoms with Crippen LogP contribution in [-0.2, 0) is 4.74 Å². The van der Waals surface area contributed by atoms with Gasteiger partial charge in [-0.1, -0.05) is 0 Å². The number of ether oxygens (including phenoxy) is 1. The highest BCUT2D eigenvalue weighted by Crippen LogP contribution is 2.16. The summed E-state index contributed by atoms with van der Waals surface area (Å²) in [6, 6.07) is 0. The maximum absolute atomic E-state index is 11.6. The fourth-order valence-electron chi connectivity index (χ4n) is 0.722. The molecule has 0 aromatic rings. The van der Waals surface area contributed by atoms with Gasteiger partial charge in [0.25, 0.3) is 0 Å². The monoisotopic (exact) mass is 215 g/mol. The molecule has 0 spiro atoms. The Kier molecular flexibility index (Phi) is 4.83. The fraction of sp³-hybridized carbons (Fsp3) is 1.00. The Morgan fingerprint density at radius 2 is 1.79 bits per heavy atom. The van der Waals surface area contributed by atoms with Gasteiger partial charge in [0.1, 0.15) is 0 Å². The summed E-state index contributed by atoms with van der Waals surface area (Å²) in [6.45, 7) is 3.05. The molecule has 0 aliphatic carbocycles. The van der Waals surface area contributed by atoms with E-state index in [0.29, 0.717) is 0 Å². The van der Waals surface area contributed by atoms with Gasteiger partial charge in [-0.25, -0.2) is 0 Å². The third-order valence-electron chi connectivity index (χ3n) is 2.11. The molecule has 0 aliphatic rings. The molecule has 0 atom stereocenters. The number of likely N-dealkylation sites (N-methyl/N-ethyl adjacent to an activating group) is 1. The minimum absolute atomic E-state index is 0.116. The minimum atomic E-state index is -4.58. The number of hydrogen-bond acceptors (Lipinski definition) is 3. The third-order valence-corrected chi connectivity index (χ3v) is 2.11. The predicted molar refractivity (Wildman–Crippen MR) is 45.8 cm³/mol. The number of hydrogen-bond donors (Lipinski definition) is 1. The average Bonchev–Trinajstić information content (AvgIpc) is 2.02. The van der Waals surface area contributed by atoms with Crippen LogP contribution in [0.3, 0.4) is 0 Å². The first-order chi connectivity index (χ1) is 6.19. The molecule has 14 heavy (non-hydrogen) atoms. The summed E-state index contributed by atoms with van der Waals surface area (Å²) in [4.78, 5) is 1.61. The van der Waals surface area contributed by atoms with Crippen molar-refractivity contribution >= 4 is 0 Å². The van der Waals surface area contributed by atoms with Crippen LogP contribution in [0.5, 0.6) is 0 Å². The van der Waals surface area contributed by atoms with E-state index in [9.17, 15) is 13.2 Å². The molecule has 0 aliphatic heterocycles. The standard InChI is InChI=1S/C8H16F3NO2/c1-7(2,6-13)12(3)4-5-14-8(9,10)11/h13H,4-6H2,1-3H3. The quantitative estimate of drug-likeness (QED) is 0.748. The largest absolute Gasteiger partial charge is 0.522 e. The second-order valence-electron chi connectivity index (χ2n) is 3.69. The zero-order valence-electron chi connectivity index (χ0n) is 8.56. The molecule has 0 heterocycles. The van der Waals surface area contributed by atoms with Gasteiger partial charge in [-0.3, -0.25) is 9.64 Å². The molecule has 0 aromatic carbocycles. The summed E-state index contributed by atoms with van der Waals surface area (Å²) in [6.07, 6.45) is -4.58. The van der Waals surface area contributed by atoms with Crippen LogP contribution in [0, 0.1) is 0 Å². The molecule has 0 unspecified atom stereocenters. The lowest BCUT2D eigenvalue weighted by molar-refractivity contribution is -0.325. The number of halogens is 3. The Bertz CT molecular complexity index is 170. The van der Waals surface area contributed by atoms with Gasteiger partial charge in [0.15, 0.2) is 0 Å². The number of aliphatic hydroxyl groups excluding tert-OH is 1.